The second kappa shape index (κ2) is 10.4. The maximum atomic E-state index is 14.9. The fourth-order valence-corrected chi connectivity index (χ4v) is 6.31. The van der Waals surface area contributed by atoms with Crippen LogP contribution in [0.2, 0.25) is 0 Å². The lowest BCUT2D eigenvalue weighted by molar-refractivity contribution is -0.266. The van der Waals surface area contributed by atoms with Crippen LogP contribution in [0.15, 0.2) is 48.8 Å². The van der Waals surface area contributed by atoms with Gasteiger partial charge in [0.05, 0.1) is 11.0 Å². The predicted molar refractivity (Wildman–Crippen MR) is 146 cm³/mol. The summed E-state index contributed by atoms with van der Waals surface area (Å²) in [5.74, 6) is 0.802. The van der Waals surface area contributed by atoms with E-state index in [1.807, 2.05) is 45.8 Å². The van der Waals surface area contributed by atoms with Crippen molar-refractivity contribution in [3.05, 3.63) is 54.6 Å². The number of benzene rings is 1. The van der Waals surface area contributed by atoms with Gasteiger partial charge in [-0.25, -0.2) is 20.2 Å². The molecule has 4 N–H and O–H groups in total. The fraction of sp³-hybridized carbons (Fsp3) is 0.538. The molecular weight excluding hydrogens is 496 g/mol. The largest absolute Gasteiger partial charge is 0.385 e. The van der Waals surface area contributed by atoms with E-state index in [1.54, 1.807) is 5.12 Å². The number of hydrogen-bond acceptors (Lipinski definition) is 10. The number of rotatable bonds is 6. The minimum Gasteiger partial charge on any atom is -0.339 e. The minimum atomic E-state index is -0.788. The van der Waals surface area contributed by atoms with Crippen molar-refractivity contribution in [3.63, 3.8) is 0 Å². The standard InChI is InChI=1S/C26H38N12O/c39-25(38(33-16-5-6-17-33)36-19-8-12-29-36)37(32-14-3-4-15-32)35-20-13-27-21-26(35,34-18-7-11-28-34)24-30-22-9-1-2-10-23(22)31-24/h1-2,5,7,9-11,16,27-29H,3-4,6,8,12-15,17-21H2,(H,30,31). The Balaban J connectivity index is 1.35. The lowest BCUT2D eigenvalue weighted by Crippen LogP contribution is -2.77. The van der Waals surface area contributed by atoms with E-state index in [2.05, 4.69) is 54.4 Å². The second-order valence-corrected chi connectivity index (χ2v) is 10.6. The van der Waals surface area contributed by atoms with Crippen LogP contribution in [0.25, 0.3) is 11.0 Å². The zero-order chi connectivity index (χ0) is 26.2. The van der Waals surface area contributed by atoms with Gasteiger partial charge >= 0.3 is 6.03 Å². The van der Waals surface area contributed by atoms with Gasteiger partial charge in [-0.3, -0.25) is 5.01 Å². The maximum absolute atomic E-state index is 14.9. The van der Waals surface area contributed by atoms with Crippen LogP contribution in [-0.2, 0) is 5.66 Å². The fourth-order valence-electron chi connectivity index (χ4n) is 6.31. The Labute approximate surface area is 228 Å². The van der Waals surface area contributed by atoms with Crippen LogP contribution in [0.5, 0.6) is 0 Å². The molecule has 208 valence electrons. The third-order valence-electron chi connectivity index (χ3n) is 8.19. The lowest BCUT2D eigenvalue weighted by atomic mass is 10.1. The Morgan fingerprint density at radius 3 is 2.62 bits per heavy atom. The van der Waals surface area contributed by atoms with Crippen LogP contribution >= 0.6 is 0 Å². The maximum Gasteiger partial charge on any atom is 0.385 e. The molecule has 1 atom stereocenters. The third-order valence-corrected chi connectivity index (χ3v) is 8.19. The molecule has 1 unspecified atom stereocenters. The number of para-hydroxylation sites is 2. The number of hydrazine groups is 6. The van der Waals surface area contributed by atoms with Gasteiger partial charge in [-0.1, -0.05) is 24.3 Å². The van der Waals surface area contributed by atoms with E-state index in [9.17, 15) is 4.79 Å². The number of piperazine rings is 1. The van der Waals surface area contributed by atoms with Gasteiger partial charge in [0, 0.05) is 71.3 Å². The van der Waals surface area contributed by atoms with Gasteiger partial charge in [0.25, 0.3) is 0 Å². The van der Waals surface area contributed by atoms with Gasteiger partial charge in [-0.2, -0.15) is 15.1 Å². The predicted octanol–water partition coefficient (Wildman–Crippen LogP) is 0.864. The lowest BCUT2D eigenvalue weighted by Gasteiger charge is -2.56. The van der Waals surface area contributed by atoms with Gasteiger partial charge in [-0.15, -0.1) is 10.2 Å². The minimum absolute atomic E-state index is 0.0904. The summed E-state index contributed by atoms with van der Waals surface area (Å²) in [5, 5.41) is 18.0. The number of hydrogen-bond donors (Lipinski definition) is 4. The molecule has 3 fully saturated rings. The molecule has 13 heteroatoms. The van der Waals surface area contributed by atoms with Gasteiger partial charge in [0.15, 0.2) is 5.66 Å². The van der Waals surface area contributed by atoms with Crippen molar-refractivity contribution in [3.8, 4) is 0 Å². The highest BCUT2D eigenvalue weighted by Gasteiger charge is 2.55. The highest BCUT2D eigenvalue weighted by Crippen LogP contribution is 2.37. The first kappa shape index (κ1) is 24.8. The molecular formula is C26H38N12O. The zero-order valence-electron chi connectivity index (χ0n) is 22.3. The number of imidazole rings is 1. The zero-order valence-corrected chi connectivity index (χ0v) is 22.3. The summed E-state index contributed by atoms with van der Waals surface area (Å²) < 4.78 is 0. The monoisotopic (exact) mass is 534 g/mol. The number of aromatic nitrogens is 2. The van der Waals surface area contributed by atoms with E-state index in [0.717, 1.165) is 81.8 Å². The van der Waals surface area contributed by atoms with E-state index in [1.165, 1.54) is 0 Å². The van der Waals surface area contributed by atoms with Gasteiger partial charge in [-0.05, 0) is 37.8 Å². The molecule has 3 saturated heterocycles. The summed E-state index contributed by atoms with van der Waals surface area (Å²) in [6.45, 7) is 6.72. The molecule has 13 nitrogen and oxygen atoms in total. The summed E-state index contributed by atoms with van der Waals surface area (Å²) in [6, 6.07) is 8.03. The molecule has 1 aromatic heterocycles. The van der Waals surface area contributed by atoms with Gasteiger partial charge in [0.2, 0.25) is 0 Å². The highest BCUT2D eigenvalue weighted by atomic mass is 16.2. The number of fused-ring (bicyclic) bond motifs is 1. The van der Waals surface area contributed by atoms with Crippen LogP contribution in [0.1, 0.15) is 31.5 Å². The number of amides is 2. The van der Waals surface area contributed by atoms with Crippen molar-refractivity contribution < 1.29 is 4.79 Å². The SMILES string of the molecule is O=C(N(N1C=CCC1)N1CCCN1)N(N1CCCC1)N1CCNCC1(c1nc2ccccc2[nH]1)N1CC=CN1. The van der Waals surface area contributed by atoms with Crippen molar-refractivity contribution in [2.75, 3.05) is 58.9 Å². The summed E-state index contributed by atoms with van der Waals surface area (Å²) >= 11 is 0. The van der Waals surface area contributed by atoms with E-state index >= 15 is 0 Å². The van der Waals surface area contributed by atoms with Crippen LogP contribution in [0.3, 0.4) is 0 Å². The molecule has 39 heavy (non-hydrogen) atoms. The van der Waals surface area contributed by atoms with E-state index in [-0.39, 0.29) is 6.03 Å². The second-order valence-electron chi connectivity index (χ2n) is 10.6. The first-order chi connectivity index (χ1) is 19.3. The molecule has 0 radical (unpaired) electrons. The molecule has 7 rings (SSSR count). The van der Waals surface area contributed by atoms with Crippen LogP contribution in [0.4, 0.5) is 4.79 Å². The Morgan fingerprint density at radius 1 is 0.974 bits per heavy atom. The number of H-pyrrole nitrogens is 1. The number of nitrogens with one attached hydrogen (secondary N) is 4. The molecule has 0 bridgehead atoms. The molecule has 1 aromatic carbocycles. The van der Waals surface area contributed by atoms with Crippen molar-refractivity contribution in [1.29, 1.82) is 0 Å². The molecule has 5 aliphatic heterocycles. The third kappa shape index (κ3) is 4.26. The summed E-state index contributed by atoms with van der Waals surface area (Å²) in [7, 11) is 0. The topological polar surface area (TPSA) is 105 Å². The summed E-state index contributed by atoms with van der Waals surface area (Å²) in [4.78, 5) is 23.6. The average molecular weight is 535 g/mol. The quantitative estimate of drug-likeness (QED) is 0.427. The van der Waals surface area contributed by atoms with E-state index in [0.29, 0.717) is 19.6 Å². The Hall–Kier alpha value is -3.20. The molecule has 2 aromatic rings. The van der Waals surface area contributed by atoms with Crippen molar-refractivity contribution in [2.24, 2.45) is 0 Å². The van der Waals surface area contributed by atoms with Crippen molar-refractivity contribution >= 4 is 17.1 Å². The molecule has 0 aliphatic carbocycles. The average Bonchev–Trinajstić information content (AvgIpc) is 3.81. The van der Waals surface area contributed by atoms with Crippen LogP contribution in [-0.4, -0.2) is 110 Å². The molecule has 6 heterocycles. The molecule has 0 spiro atoms. The number of carbonyl (C=O) groups is 1. The highest BCUT2D eigenvalue weighted by molar-refractivity contribution is 5.75. The Morgan fingerprint density at radius 2 is 1.87 bits per heavy atom. The van der Waals surface area contributed by atoms with E-state index < -0.39 is 5.66 Å². The van der Waals surface area contributed by atoms with Crippen LogP contribution < -0.4 is 16.2 Å². The Bertz CT molecular complexity index is 1190. The molecule has 2 amide bonds. The number of carbonyl (C=O) groups excluding carboxylic acids is 1. The molecule has 0 saturated carbocycles. The number of nitrogens with zero attached hydrogens (tertiary/aromatic N) is 8. The summed E-state index contributed by atoms with van der Waals surface area (Å²) in [6.07, 6.45) is 12.2. The smallest absolute Gasteiger partial charge is 0.339 e. The van der Waals surface area contributed by atoms with Crippen molar-refractivity contribution in [2.45, 2.75) is 31.3 Å². The number of aromatic amines is 1. The normalized spacial score (nSPS) is 26.7. The molecule has 5 aliphatic rings. The van der Waals surface area contributed by atoms with Gasteiger partial charge < -0.3 is 15.7 Å². The summed E-state index contributed by atoms with van der Waals surface area (Å²) in [5.41, 5.74) is 7.99. The van der Waals surface area contributed by atoms with Crippen LogP contribution in [0, 0.1) is 0 Å². The first-order valence-corrected chi connectivity index (χ1v) is 14.2. The van der Waals surface area contributed by atoms with E-state index in [4.69, 9.17) is 4.98 Å². The first-order valence-electron chi connectivity index (χ1n) is 14.2. The number of urea groups is 1. The Kier molecular flexibility index (Phi) is 6.62. The van der Waals surface area contributed by atoms with Gasteiger partial charge in [0.1, 0.15) is 5.82 Å². The van der Waals surface area contributed by atoms with Crippen molar-refractivity contribution in [1.82, 2.24) is 61.5 Å².